The first-order valence-corrected chi connectivity index (χ1v) is 7.40. The second kappa shape index (κ2) is 6.49. The first kappa shape index (κ1) is 13.8. The van der Waals surface area contributed by atoms with Crippen molar-refractivity contribution >= 4 is 35.1 Å². The predicted octanol–water partition coefficient (Wildman–Crippen LogP) is 3.24. The highest BCUT2D eigenvalue weighted by Crippen LogP contribution is 2.26. The Hall–Kier alpha value is -1.66. The fourth-order valence-electron chi connectivity index (χ4n) is 1.36. The number of hydrogen-bond acceptors (Lipinski definition) is 5. The van der Waals surface area contributed by atoms with Gasteiger partial charge in [0.2, 0.25) is 0 Å². The second-order valence-electron chi connectivity index (χ2n) is 3.80. The molecule has 0 aromatic carbocycles. The highest BCUT2D eigenvalue weighted by atomic mass is 32.2. The van der Waals surface area contributed by atoms with Crippen molar-refractivity contribution in [2.24, 2.45) is 0 Å². The van der Waals surface area contributed by atoms with E-state index in [2.05, 4.69) is 9.97 Å². The summed E-state index contributed by atoms with van der Waals surface area (Å²) in [4.78, 5) is 20.1. The molecule has 0 saturated heterocycles. The number of carboxylic acid groups (broad SMARTS) is 1. The molecule has 0 atom stereocenters. The van der Waals surface area contributed by atoms with Crippen LogP contribution in [0, 0.1) is 6.92 Å². The normalized spacial score (nSPS) is 11.0. The number of nitrogens with zero attached hydrogens (tertiary/aromatic N) is 2. The Morgan fingerprint density at radius 3 is 2.89 bits per heavy atom. The molecule has 0 bridgehead atoms. The van der Waals surface area contributed by atoms with Crippen LogP contribution >= 0.6 is 23.1 Å². The maximum Gasteiger partial charge on any atom is 0.328 e. The molecule has 6 heteroatoms. The Morgan fingerprint density at radius 2 is 2.21 bits per heavy atom. The molecule has 1 N–H and O–H groups in total. The van der Waals surface area contributed by atoms with Gasteiger partial charge in [-0.25, -0.2) is 14.8 Å². The van der Waals surface area contributed by atoms with Gasteiger partial charge in [-0.3, -0.25) is 0 Å². The van der Waals surface area contributed by atoms with Gasteiger partial charge in [0.05, 0.1) is 0 Å². The predicted molar refractivity (Wildman–Crippen MR) is 77.3 cm³/mol. The Morgan fingerprint density at radius 1 is 1.47 bits per heavy atom. The zero-order valence-corrected chi connectivity index (χ0v) is 11.9. The average Bonchev–Trinajstić information content (AvgIpc) is 2.83. The SMILES string of the molecule is Cc1cnc(SCc2sccc2C=CC(=O)O)nc1. The fraction of sp³-hybridized carbons (Fsp3) is 0.154. The van der Waals surface area contributed by atoms with Crippen LogP contribution in [0.2, 0.25) is 0 Å². The Bertz CT molecular complexity index is 591. The molecule has 0 fully saturated rings. The van der Waals surface area contributed by atoms with Crippen LogP contribution in [0.15, 0.2) is 35.1 Å². The lowest BCUT2D eigenvalue weighted by Gasteiger charge is -2.00. The molecule has 2 aromatic rings. The molecule has 98 valence electrons. The number of rotatable bonds is 5. The molecule has 0 aliphatic rings. The summed E-state index contributed by atoms with van der Waals surface area (Å²) in [5.41, 5.74) is 1.97. The highest BCUT2D eigenvalue weighted by molar-refractivity contribution is 7.98. The number of hydrogen-bond donors (Lipinski definition) is 1. The van der Waals surface area contributed by atoms with Gasteiger partial charge in [0, 0.05) is 29.1 Å². The first-order valence-electron chi connectivity index (χ1n) is 5.54. The van der Waals surface area contributed by atoms with Gasteiger partial charge in [0.25, 0.3) is 0 Å². The van der Waals surface area contributed by atoms with Gasteiger partial charge in [-0.15, -0.1) is 11.3 Å². The van der Waals surface area contributed by atoms with Crippen molar-refractivity contribution in [3.8, 4) is 0 Å². The standard InChI is InChI=1S/C13H12N2O2S2/c1-9-6-14-13(15-7-9)19-8-11-10(4-5-18-11)2-3-12(16)17/h2-7H,8H2,1H3,(H,16,17). The van der Waals surface area contributed by atoms with Crippen molar-refractivity contribution in [1.29, 1.82) is 0 Å². The molecule has 0 amide bonds. The van der Waals surface area contributed by atoms with Gasteiger partial charge in [0.15, 0.2) is 5.16 Å². The van der Waals surface area contributed by atoms with E-state index in [1.165, 1.54) is 0 Å². The van der Waals surface area contributed by atoms with E-state index in [4.69, 9.17) is 5.11 Å². The summed E-state index contributed by atoms with van der Waals surface area (Å²) < 4.78 is 0. The number of aryl methyl sites for hydroxylation is 1. The minimum Gasteiger partial charge on any atom is -0.478 e. The zero-order chi connectivity index (χ0) is 13.7. The highest BCUT2D eigenvalue weighted by Gasteiger charge is 2.04. The van der Waals surface area contributed by atoms with Crippen molar-refractivity contribution in [2.45, 2.75) is 17.8 Å². The number of carbonyl (C=O) groups is 1. The summed E-state index contributed by atoms with van der Waals surface area (Å²) in [6.45, 7) is 1.95. The molecule has 0 spiro atoms. The lowest BCUT2D eigenvalue weighted by molar-refractivity contribution is -0.131. The molecule has 0 saturated carbocycles. The van der Waals surface area contributed by atoms with Crippen LogP contribution in [0.4, 0.5) is 0 Å². The topological polar surface area (TPSA) is 63.1 Å². The molecule has 2 aromatic heterocycles. The number of thiophene rings is 1. The van der Waals surface area contributed by atoms with Crippen molar-refractivity contribution in [3.63, 3.8) is 0 Å². The lowest BCUT2D eigenvalue weighted by Crippen LogP contribution is -1.88. The van der Waals surface area contributed by atoms with Crippen LogP contribution in [-0.4, -0.2) is 21.0 Å². The zero-order valence-electron chi connectivity index (χ0n) is 10.2. The van der Waals surface area contributed by atoms with E-state index in [0.29, 0.717) is 0 Å². The maximum absolute atomic E-state index is 10.5. The minimum absolute atomic E-state index is 0.729. The Labute approximate surface area is 119 Å². The summed E-state index contributed by atoms with van der Waals surface area (Å²) in [6, 6.07) is 1.91. The van der Waals surface area contributed by atoms with Gasteiger partial charge >= 0.3 is 5.97 Å². The molecular formula is C13H12N2O2S2. The largest absolute Gasteiger partial charge is 0.478 e. The fourth-order valence-corrected chi connectivity index (χ4v) is 3.14. The number of aliphatic carboxylic acids is 1. The van der Waals surface area contributed by atoms with E-state index in [9.17, 15) is 4.79 Å². The average molecular weight is 292 g/mol. The van der Waals surface area contributed by atoms with E-state index in [1.54, 1.807) is 41.6 Å². The van der Waals surface area contributed by atoms with Crippen LogP contribution in [0.5, 0.6) is 0 Å². The third-order valence-electron chi connectivity index (χ3n) is 2.27. The van der Waals surface area contributed by atoms with E-state index in [0.717, 1.165) is 33.0 Å². The first-order chi connectivity index (χ1) is 9.15. The monoisotopic (exact) mass is 292 g/mol. The third kappa shape index (κ3) is 4.18. The van der Waals surface area contributed by atoms with Gasteiger partial charge in [-0.05, 0) is 35.6 Å². The van der Waals surface area contributed by atoms with Crippen LogP contribution < -0.4 is 0 Å². The molecule has 2 rings (SSSR count). The van der Waals surface area contributed by atoms with Crippen molar-refractivity contribution in [1.82, 2.24) is 9.97 Å². The van der Waals surface area contributed by atoms with Crippen LogP contribution in [0.3, 0.4) is 0 Å². The van der Waals surface area contributed by atoms with Gasteiger partial charge in [0.1, 0.15) is 0 Å². The maximum atomic E-state index is 10.5. The van der Waals surface area contributed by atoms with Gasteiger partial charge in [-0.1, -0.05) is 11.8 Å². The van der Waals surface area contributed by atoms with Crippen molar-refractivity contribution in [2.75, 3.05) is 0 Å². The summed E-state index contributed by atoms with van der Waals surface area (Å²) in [7, 11) is 0. The van der Waals surface area contributed by atoms with E-state index < -0.39 is 5.97 Å². The minimum atomic E-state index is -0.938. The van der Waals surface area contributed by atoms with Crippen LogP contribution in [0.1, 0.15) is 16.0 Å². The summed E-state index contributed by atoms with van der Waals surface area (Å²) >= 11 is 3.15. The quantitative estimate of drug-likeness (QED) is 0.521. The molecule has 0 aliphatic carbocycles. The Kier molecular flexibility index (Phi) is 4.70. The van der Waals surface area contributed by atoms with Crippen molar-refractivity contribution < 1.29 is 9.90 Å². The number of carboxylic acids is 1. The third-order valence-corrected chi connectivity index (χ3v) is 4.30. The Balaban J connectivity index is 2.02. The van der Waals surface area contributed by atoms with Gasteiger partial charge in [-0.2, -0.15) is 0 Å². The summed E-state index contributed by atoms with van der Waals surface area (Å²) in [6.07, 6.45) is 6.34. The molecule has 0 aliphatic heterocycles. The number of aromatic nitrogens is 2. The van der Waals surface area contributed by atoms with Gasteiger partial charge < -0.3 is 5.11 Å². The molecule has 19 heavy (non-hydrogen) atoms. The molecular weight excluding hydrogens is 280 g/mol. The lowest BCUT2D eigenvalue weighted by atomic mass is 10.2. The summed E-state index contributed by atoms with van der Waals surface area (Å²) in [5.74, 6) is -0.202. The van der Waals surface area contributed by atoms with Crippen molar-refractivity contribution in [3.05, 3.63) is 45.9 Å². The van der Waals surface area contributed by atoms with E-state index >= 15 is 0 Å². The number of thioether (sulfide) groups is 1. The van der Waals surface area contributed by atoms with E-state index in [1.807, 2.05) is 18.4 Å². The summed E-state index contributed by atoms with van der Waals surface area (Å²) in [5, 5.41) is 11.3. The second-order valence-corrected chi connectivity index (χ2v) is 5.75. The van der Waals surface area contributed by atoms with Crippen LogP contribution in [0.25, 0.3) is 6.08 Å². The van der Waals surface area contributed by atoms with E-state index in [-0.39, 0.29) is 0 Å². The molecule has 0 unspecified atom stereocenters. The molecule has 2 heterocycles. The molecule has 0 radical (unpaired) electrons. The smallest absolute Gasteiger partial charge is 0.328 e. The van der Waals surface area contributed by atoms with Crippen LogP contribution in [-0.2, 0) is 10.5 Å². The molecule has 4 nitrogen and oxygen atoms in total.